The minimum absolute atomic E-state index is 0.0918. The lowest BCUT2D eigenvalue weighted by atomic mass is 10.0. The van der Waals surface area contributed by atoms with Crippen LogP contribution in [0.2, 0.25) is 10.0 Å². The van der Waals surface area contributed by atoms with Crippen molar-refractivity contribution in [2.75, 3.05) is 44.8 Å². The minimum Gasteiger partial charge on any atom is -0.383 e. The lowest BCUT2D eigenvalue weighted by molar-refractivity contribution is -0.136. The van der Waals surface area contributed by atoms with Crippen molar-refractivity contribution < 1.29 is 14.3 Å². The number of nitrogens with one attached hydrogen (secondary N) is 2. The quantitative estimate of drug-likeness (QED) is 0.457. The van der Waals surface area contributed by atoms with E-state index in [0.717, 1.165) is 12.1 Å². The number of ether oxygens (including phenoxy) is 1. The first-order valence-corrected chi connectivity index (χ1v) is 13.1. The Morgan fingerprint density at radius 1 is 1.06 bits per heavy atom. The van der Waals surface area contributed by atoms with E-state index in [4.69, 9.17) is 27.9 Å². The number of piperazine rings is 1. The van der Waals surface area contributed by atoms with Gasteiger partial charge in [-0.25, -0.2) is 0 Å². The zero-order valence-corrected chi connectivity index (χ0v) is 22.7. The second kappa shape index (κ2) is 13.8. The van der Waals surface area contributed by atoms with Gasteiger partial charge in [0.05, 0.1) is 6.61 Å². The molecule has 1 aliphatic heterocycles. The highest BCUT2D eigenvalue weighted by molar-refractivity contribution is 6.35. The van der Waals surface area contributed by atoms with Gasteiger partial charge in [-0.1, -0.05) is 54.4 Å². The third-order valence-corrected chi connectivity index (χ3v) is 6.96. The number of carbonyl (C=O) groups is 2. The average molecular weight is 536 g/mol. The molecule has 196 valence electrons. The summed E-state index contributed by atoms with van der Waals surface area (Å²) in [6, 6.07) is 13.1. The summed E-state index contributed by atoms with van der Waals surface area (Å²) in [4.78, 5) is 29.8. The predicted octanol–water partition coefficient (Wildman–Crippen LogP) is 3.90. The topological polar surface area (TPSA) is 73.9 Å². The fourth-order valence-electron chi connectivity index (χ4n) is 4.35. The summed E-state index contributed by atoms with van der Waals surface area (Å²) in [5.41, 5.74) is 3.16. The molecule has 0 spiro atoms. The zero-order valence-electron chi connectivity index (χ0n) is 21.2. The molecule has 9 heteroatoms. The van der Waals surface area contributed by atoms with Crippen molar-refractivity contribution >= 4 is 40.7 Å². The van der Waals surface area contributed by atoms with E-state index in [1.807, 2.05) is 17.0 Å². The van der Waals surface area contributed by atoms with Crippen molar-refractivity contribution in [3.05, 3.63) is 63.6 Å². The molecule has 2 aromatic carbocycles. The Hall–Kier alpha value is -2.32. The van der Waals surface area contributed by atoms with Crippen LogP contribution in [0.4, 0.5) is 5.69 Å². The van der Waals surface area contributed by atoms with Crippen LogP contribution in [-0.4, -0.2) is 68.7 Å². The number of nitrogens with zero attached hydrogens (tertiary/aromatic N) is 2. The van der Waals surface area contributed by atoms with Gasteiger partial charge < -0.3 is 25.2 Å². The van der Waals surface area contributed by atoms with Gasteiger partial charge in [0.2, 0.25) is 11.8 Å². The number of rotatable bonds is 11. The van der Waals surface area contributed by atoms with Gasteiger partial charge in [-0.05, 0) is 36.2 Å². The van der Waals surface area contributed by atoms with Crippen LogP contribution in [0.25, 0.3) is 0 Å². The second-order valence-corrected chi connectivity index (χ2v) is 9.94. The molecule has 3 rings (SSSR count). The molecule has 1 heterocycles. The van der Waals surface area contributed by atoms with E-state index in [0.29, 0.717) is 55.7 Å². The first kappa shape index (κ1) is 28.3. The molecule has 2 unspecified atom stereocenters. The lowest BCUT2D eigenvalue weighted by Crippen LogP contribution is -2.55. The predicted molar refractivity (Wildman–Crippen MR) is 146 cm³/mol. The van der Waals surface area contributed by atoms with Crippen LogP contribution in [0.5, 0.6) is 0 Å². The Morgan fingerprint density at radius 2 is 1.78 bits per heavy atom. The molecular formula is C27H36Cl2N4O3. The number of halogens is 2. The molecule has 0 aromatic heterocycles. The van der Waals surface area contributed by atoms with Gasteiger partial charge in [0.15, 0.2) is 0 Å². The SMILES string of the molecule is CCC(=O)NC(Cc1ccc(Cl)cc1Cl)C(=O)N1CCN(c2ccccc2CNC(C)COC)CC1. The van der Waals surface area contributed by atoms with Gasteiger partial charge in [-0.3, -0.25) is 9.59 Å². The van der Waals surface area contributed by atoms with Crippen LogP contribution >= 0.6 is 23.2 Å². The number of methoxy groups -OCH3 is 1. The van der Waals surface area contributed by atoms with Gasteiger partial charge in [-0.15, -0.1) is 0 Å². The number of benzene rings is 2. The zero-order chi connectivity index (χ0) is 26.1. The second-order valence-electron chi connectivity index (χ2n) is 9.09. The fourth-order valence-corrected chi connectivity index (χ4v) is 4.84. The smallest absolute Gasteiger partial charge is 0.245 e. The molecule has 2 N–H and O–H groups in total. The molecule has 1 saturated heterocycles. The molecule has 2 aromatic rings. The first-order chi connectivity index (χ1) is 17.3. The first-order valence-electron chi connectivity index (χ1n) is 12.4. The van der Waals surface area contributed by atoms with Crippen LogP contribution in [0.1, 0.15) is 31.4 Å². The molecule has 0 bridgehead atoms. The monoisotopic (exact) mass is 534 g/mol. The number of hydrogen-bond donors (Lipinski definition) is 2. The van der Waals surface area contributed by atoms with Crippen LogP contribution in [0, 0.1) is 0 Å². The third-order valence-electron chi connectivity index (χ3n) is 6.37. The van der Waals surface area contributed by atoms with Crippen LogP contribution < -0.4 is 15.5 Å². The van der Waals surface area contributed by atoms with Gasteiger partial charge in [0, 0.05) is 74.4 Å². The summed E-state index contributed by atoms with van der Waals surface area (Å²) in [6.45, 7) is 7.85. The van der Waals surface area contributed by atoms with Gasteiger partial charge in [0.1, 0.15) is 6.04 Å². The summed E-state index contributed by atoms with van der Waals surface area (Å²) >= 11 is 12.4. The van der Waals surface area contributed by atoms with Crippen molar-refractivity contribution in [2.45, 2.75) is 45.3 Å². The van der Waals surface area contributed by atoms with E-state index in [1.165, 1.54) is 11.3 Å². The van der Waals surface area contributed by atoms with E-state index in [-0.39, 0.29) is 17.9 Å². The number of amides is 2. The highest BCUT2D eigenvalue weighted by Gasteiger charge is 2.29. The summed E-state index contributed by atoms with van der Waals surface area (Å²) < 4.78 is 5.22. The number of carbonyl (C=O) groups excluding carboxylic acids is 2. The number of para-hydroxylation sites is 1. The molecular weight excluding hydrogens is 499 g/mol. The Morgan fingerprint density at radius 3 is 2.44 bits per heavy atom. The molecule has 7 nitrogen and oxygen atoms in total. The van der Waals surface area contributed by atoms with E-state index in [1.54, 1.807) is 32.2 Å². The van der Waals surface area contributed by atoms with Crippen molar-refractivity contribution in [3.63, 3.8) is 0 Å². The summed E-state index contributed by atoms with van der Waals surface area (Å²) in [5.74, 6) is -0.257. The van der Waals surface area contributed by atoms with Gasteiger partial charge >= 0.3 is 0 Å². The van der Waals surface area contributed by atoms with Crippen LogP contribution in [0.15, 0.2) is 42.5 Å². The number of anilines is 1. The third kappa shape index (κ3) is 7.84. The molecule has 0 radical (unpaired) electrons. The summed E-state index contributed by atoms with van der Waals surface area (Å²) in [7, 11) is 1.70. The Balaban J connectivity index is 1.66. The molecule has 0 aliphatic carbocycles. The fraction of sp³-hybridized carbons (Fsp3) is 0.481. The van der Waals surface area contributed by atoms with Crippen LogP contribution in [-0.2, 0) is 27.3 Å². The molecule has 1 fully saturated rings. The van der Waals surface area contributed by atoms with Gasteiger partial charge in [-0.2, -0.15) is 0 Å². The molecule has 2 amide bonds. The largest absolute Gasteiger partial charge is 0.383 e. The van der Waals surface area contributed by atoms with Crippen molar-refractivity contribution in [2.24, 2.45) is 0 Å². The average Bonchev–Trinajstić information content (AvgIpc) is 2.88. The molecule has 0 saturated carbocycles. The lowest BCUT2D eigenvalue weighted by Gasteiger charge is -2.38. The highest BCUT2D eigenvalue weighted by Crippen LogP contribution is 2.24. The normalized spacial score (nSPS) is 15.5. The Labute approximate surface area is 224 Å². The maximum Gasteiger partial charge on any atom is 0.245 e. The molecule has 2 atom stereocenters. The highest BCUT2D eigenvalue weighted by atomic mass is 35.5. The number of hydrogen-bond acceptors (Lipinski definition) is 5. The summed E-state index contributed by atoms with van der Waals surface area (Å²) in [6.07, 6.45) is 0.620. The minimum atomic E-state index is -0.679. The summed E-state index contributed by atoms with van der Waals surface area (Å²) in [5, 5.41) is 7.41. The Kier molecular flexibility index (Phi) is 10.9. The van der Waals surface area contributed by atoms with E-state index >= 15 is 0 Å². The van der Waals surface area contributed by atoms with Crippen molar-refractivity contribution in [1.82, 2.24) is 15.5 Å². The molecule has 36 heavy (non-hydrogen) atoms. The van der Waals surface area contributed by atoms with Crippen molar-refractivity contribution in [3.8, 4) is 0 Å². The van der Waals surface area contributed by atoms with Crippen molar-refractivity contribution in [1.29, 1.82) is 0 Å². The molecule has 1 aliphatic rings. The Bertz CT molecular complexity index is 1030. The van der Waals surface area contributed by atoms with Crippen LogP contribution in [0.3, 0.4) is 0 Å². The van der Waals surface area contributed by atoms with E-state index in [9.17, 15) is 9.59 Å². The maximum absolute atomic E-state index is 13.5. The van der Waals surface area contributed by atoms with E-state index in [2.05, 4.69) is 34.6 Å². The maximum atomic E-state index is 13.5. The van der Waals surface area contributed by atoms with E-state index < -0.39 is 6.04 Å². The van der Waals surface area contributed by atoms with Gasteiger partial charge in [0.25, 0.3) is 0 Å². The standard InChI is InChI=1S/C27H36Cl2N4O3/c1-4-26(34)31-24(15-20-9-10-22(28)16-23(20)29)27(35)33-13-11-32(12-14-33)25-8-6-5-7-21(25)17-30-19(2)18-36-3/h5-10,16,19,24,30H,4,11-15,17-18H2,1-3H3,(H,31,34).